The SMILES string of the molecule is CCOc1ccc([C@H]2C3=C(C[C@H](c4cccs4)CC3=O)N=C3NNC(=O)C32)cc1. The van der Waals surface area contributed by atoms with E-state index < -0.39 is 5.92 Å². The van der Waals surface area contributed by atoms with Crippen LogP contribution < -0.4 is 15.6 Å². The predicted octanol–water partition coefficient (Wildman–Crippen LogP) is 3.29. The summed E-state index contributed by atoms with van der Waals surface area (Å²) in [5, 5.41) is 2.04. The molecule has 5 rings (SSSR count). The molecule has 1 aromatic carbocycles. The quantitative estimate of drug-likeness (QED) is 0.815. The van der Waals surface area contributed by atoms with E-state index >= 15 is 0 Å². The Hall–Kier alpha value is -2.93. The fourth-order valence-electron chi connectivity index (χ4n) is 4.52. The molecular weight excluding hydrogens is 386 g/mol. The van der Waals surface area contributed by atoms with Gasteiger partial charge in [-0.25, -0.2) is 4.99 Å². The summed E-state index contributed by atoms with van der Waals surface area (Å²) >= 11 is 1.67. The molecule has 3 heterocycles. The molecule has 1 fully saturated rings. The number of hydrogen-bond donors (Lipinski definition) is 2. The molecule has 148 valence electrons. The number of rotatable bonds is 4. The Morgan fingerprint density at radius 2 is 1.93 bits per heavy atom. The average molecular weight is 407 g/mol. The fraction of sp³-hybridized carbons (Fsp3) is 0.318. The second-order valence-corrected chi connectivity index (χ2v) is 8.45. The maximum absolute atomic E-state index is 13.3. The van der Waals surface area contributed by atoms with E-state index in [1.54, 1.807) is 11.3 Å². The van der Waals surface area contributed by atoms with Crippen LogP contribution in [0.5, 0.6) is 5.75 Å². The molecule has 6 nitrogen and oxygen atoms in total. The van der Waals surface area contributed by atoms with Crippen molar-refractivity contribution >= 4 is 28.9 Å². The summed E-state index contributed by atoms with van der Waals surface area (Å²) in [7, 11) is 0. The number of thiophene rings is 1. The predicted molar refractivity (Wildman–Crippen MR) is 111 cm³/mol. The summed E-state index contributed by atoms with van der Waals surface area (Å²) in [5.74, 6) is 0.625. The third-order valence-electron chi connectivity index (χ3n) is 5.77. The Labute approximate surface area is 172 Å². The molecule has 0 saturated carbocycles. The topological polar surface area (TPSA) is 79.8 Å². The van der Waals surface area contributed by atoms with Crippen molar-refractivity contribution in [3.8, 4) is 5.75 Å². The van der Waals surface area contributed by atoms with Crippen molar-refractivity contribution in [2.75, 3.05) is 6.61 Å². The van der Waals surface area contributed by atoms with Crippen molar-refractivity contribution < 1.29 is 14.3 Å². The molecule has 1 aliphatic carbocycles. The third kappa shape index (κ3) is 3.06. The van der Waals surface area contributed by atoms with Crippen LogP contribution in [0.15, 0.2) is 58.0 Å². The molecule has 2 aliphatic heterocycles. The van der Waals surface area contributed by atoms with Crippen molar-refractivity contribution in [1.82, 2.24) is 10.9 Å². The molecule has 1 saturated heterocycles. The number of amides is 1. The number of ether oxygens (including phenoxy) is 1. The number of amidine groups is 1. The van der Waals surface area contributed by atoms with E-state index in [0.717, 1.165) is 17.0 Å². The Balaban J connectivity index is 1.57. The third-order valence-corrected chi connectivity index (χ3v) is 6.80. The van der Waals surface area contributed by atoms with Gasteiger partial charge >= 0.3 is 0 Å². The molecule has 2 aromatic rings. The number of carbonyl (C=O) groups is 2. The fourth-order valence-corrected chi connectivity index (χ4v) is 5.35. The Kier molecular flexibility index (Phi) is 4.47. The molecule has 2 N–H and O–H groups in total. The summed E-state index contributed by atoms with van der Waals surface area (Å²) in [6.07, 6.45) is 1.17. The number of aliphatic imine (C=N–C) groups is 1. The van der Waals surface area contributed by atoms with E-state index in [0.29, 0.717) is 30.9 Å². The van der Waals surface area contributed by atoms with Crippen molar-refractivity contribution in [2.45, 2.75) is 31.6 Å². The molecule has 1 aromatic heterocycles. The van der Waals surface area contributed by atoms with Crippen molar-refractivity contribution in [1.29, 1.82) is 0 Å². The number of Topliss-reactive ketones (excluding diaryl/α,β-unsaturated/α-hetero) is 1. The summed E-state index contributed by atoms with van der Waals surface area (Å²) in [5.41, 5.74) is 8.02. The maximum atomic E-state index is 13.3. The van der Waals surface area contributed by atoms with Crippen LogP contribution in [0.25, 0.3) is 0 Å². The number of fused-ring (bicyclic) bond motifs is 1. The van der Waals surface area contributed by atoms with E-state index in [9.17, 15) is 9.59 Å². The van der Waals surface area contributed by atoms with Crippen LogP contribution in [-0.4, -0.2) is 24.1 Å². The van der Waals surface area contributed by atoms with Crippen LogP contribution in [-0.2, 0) is 9.59 Å². The summed E-state index contributed by atoms with van der Waals surface area (Å²) < 4.78 is 5.55. The minimum Gasteiger partial charge on any atom is -0.494 e. The normalized spacial score (nSPS) is 25.7. The number of benzene rings is 1. The van der Waals surface area contributed by atoms with Gasteiger partial charge in [0.25, 0.3) is 0 Å². The smallest absolute Gasteiger partial charge is 0.250 e. The molecule has 0 spiro atoms. The van der Waals surface area contributed by atoms with E-state index in [1.165, 1.54) is 4.88 Å². The molecule has 1 unspecified atom stereocenters. The number of hydrazine groups is 1. The van der Waals surface area contributed by atoms with Gasteiger partial charge in [0, 0.05) is 28.7 Å². The lowest BCUT2D eigenvalue weighted by atomic mass is 9.71. The van der Waals surface area contributed by atoms with Gasteiger partial charge < -0.3 is 4.74 Å². The first-order chi connectivity index (χ1) is 14.2. The monoisotopic (exact) mass is 407 g/mol. The molecule has 29 heavy (non-hydrogen) atoms. The zero-order valence-corrected chi connectivity index (χ0v) is 16.8. The zero-order valence-electron chi connectivity index (χ0n) is 16.0. The van der Waals surface area contributed by atoms with Crippen molar-refractivity contribution in [2.24, 2.45) is 10.9 Å². The second kappa shape index (κ2) is 7.15. The van der Waals surface area contributed by atoms with Crippen LogP contribution in [0.3, 0.4) is 0 Å². The summed E-state index contributed by atoms with van der Waals surface area (Å²) in [6.45, 7) is 2.53. The first-order valence-corrected chi connectivity index (χ1v) is 10.7. The molecule has 3 aliphatic rings. The lowest BCUT2D eigenvalue weighted by Gasteiger charge is -2.34. The number of ketones is 1. The highest BCUT2D eigenvalue weighted by Gasteiger charge is 2.47. The first kappa shape index (κ1) is 18.1. The highest BCUT2D eigenvalue weighted by molar-refractivity contribution is 7.10. The van der Waals surface area contributed by atoms with Gasteiger partial charge in [-0.3, -0.25) is 20.4 Å². The lowest BCUT2D eigenvalue weighted by Crippen LogP contribution is -2.36. The average Bonchev–Trinajstić information content (AvgIpc) is 3.38. The Morgan fingerprint density at radius 1 is 1.10 bits per heavy atom. The van der Waals surface area contributed by atoms with Gasteiger partial charge in [0.15, 0.2) is 5.78 Å². The summed E-state index contributed by atoms with van der Waals surface area (Å²) in [4.78, 5) is 31.8. The van der Waals surface area contributed by atoms with Gasteiger partial charge in [0.1, 0.15) is 17.5 Å². The van der Waals surface area contributed by atoms with Gasteiger partial charge in [-0.1, -0.05) is 18.2 Å². The number of carbonyl (C=O) groups excluding carboxylic acids is 2. The molecule has 3 atom stereocenters. The minimum absolute atomic E-state index is 0.0889. The molecule has 1 amide bonds. The van der Waals surface area contributed by atoms with Gasteiger partial charge in [-0.2, -0.15) is 0 Å². The van der Waals surface area contributed by atoms with Gasteiger partial charge in [-0.05, 0) is 42.5 Å². The van der Waals surface area contributed by atoms with E-state index in [2.05, 4.69) is 16.9 Å². The standard InChI is InChI=1S/C22H21N3O3S/c1-2-28-14-7-5-12(6-8-14)18-19-15(23-21-20(18)22(27)25-24-21)10-13(11-16(19)26)17-4-3-9-29-17/h3-9,13,18,20H,2,10-11H2,1H3,(H,23,24)(H,25,27)/t13-,18-,20?/m0/s1. The molecule has 7 heteroatoms. The maximum Gasteiger partial charge on any atom is 0.250 e. The van der Waals surface area contributed by atoms with Gasteiger partial charge in [0.2, 0.25) is 5.91 Å². The number of nitrogens with zero attached hydrogens (tertiary/aromatic N) is 1. The van der Waals surface area contributed by atoms with Gasteiger partial charge in [-0.15, -0.1) is 11.3 Å². The molecule has 0 bridgehead atoms. The van der Waals surface area contributed by atoms with Gasteiger partial charge in [0.05, 0.1) is 12.3 Å². The van der Waals surface area contributed by atoms with Crippen LogP contribution in [0, 0.1) is 5.92 Å². The van der Waals surface area contributed by atoms with E-state index in [4.69, 9.17) is 9.73 Å². The summed E-state index contributed by atoms with van der Waals surface area (Å²) in [6, 6.07) is 11.8. The van der Waals surface area contributed by atoms with Crippen LogP contribution in [0.4, 0.5) is 0 Å². The molecule has 0 radical (unpaired) electrons. The Morgan fingerprint density at radius 3 is 2.66 bits per heavy atom. The highest BCUT2D eigenvalue weighted by atomic mass is 32.1. The van der Waals surface area contributed by atoms with Crippen molar-refractivity contribution in [3.05, 3.63) is 63.5 Å². The van der Waals surface area contributed by atoms with Crippen LogP contribution in [0.2, 0.25) is 0 Å². The van der Waals surface area contributed by atoms with E-state index in [-0.39, 0.29) is 23.5 Å². The molecular formula is C22H21N3O3S. The zero-order chi connectivity index (χ0) is 20.0. The lowest BCUT2D eigenvalue weighted by molar-refractivity contribution is -0.122. The van der Waals surface area contributed by atoms with Crippen LogP contribution >= 0.6 is 11.3 Å². The number of hydrogen-bond acceptors (Lipinski definition) is 6. The first-order valence-electron chi connectivity index (χ1n) is 9.82. The van der Waals surface area contributed by atoms with Crippen molar-refractivity contribution in [3.63, 3.8) is 0 Å². The Bertz CT molecular complexity index is 1020. The largest absolute Gasteiger partial charge is 0.494 e. The highest BCUT2D eigenvalue weighted by Crippen LogP contribution is 2.47. The van der Waals surface area contributed by atoms with E-state index in [1.807, 2.05) is 42.6 Å². The minimum atomic E-state index is -0.506. The van der Waals surface area contributed by atoms with Crippen LogP contribution in [0.1, 0.15) is 42.0 Å². The second-order valence-electron chi connectivity index (χ2n) is 7.47. The number of allylic oxidation sites excluding steroid dienone is 2. The number of nitrogens with one attached hydrogen (secondary N) is 2.